The zero-order valence-electron chi connectivity index (χ0n) is 7.76. The molecule has 0 aromatic carbocycles. The molecule has 0 fully saturated rings. The molecule has 0 rings (SSSR count). The van der Waals surface area contributed by atoms with Gasteiger partial charge in [0.25, 0.3) is 0 Å². The first-order valence-electron chi connectivity index (χ1n) is 4.36. The maximum absolute atomic E-state index is 11.2. The van der Waals surface area contributed by atoms with Crippen molar-refractivity contribution in [2.45, 2.75) is 46.1 Å². The fourth-order valence-electron chi connectivity index (χ4n) is 1.03. The number of nitrogens with two attached hydrogens (primary N) is 1. The molecule has 2 nitrogen and oxygen atoms in total. The minimum Gasteiger partial charge on any atom is -0.322 e. The van der Waals surface area contributed by atoms with E-state index in [-0.39, 0.29) is 11.8 Å². The molecule has 0 radical (unpaired) electrons. The second-order valence-corrected chi connectivity index (χ2v) is 3.46. The van der Waals surface area contributed by atoms with E-state index < -0.39 is 0 Å². The second kappa shape index (κ2) is 5.30. The van der Waals surface area contributed by atoms with E-state index in [1.807, 2.05) is 20.8 Å². The second-order valence-electron chi connectivity index (χ2n) is 3.46. The van der Waals surface area contributed by atoms with Crippen LogP contribution in [0.4, 0.5) is 0 Å². The van der Waals surface area contributed by atoms with E-state index in [0.29, 0.717) is 12.3 Å². The van der Waals surface area contributed by atoms with Crippen LogP contribution in [0.3, 0.4) is 0 Å². The highest BCUT2D eigenvalue weighted by atomic mass is 16.1. The number of rotatable bonds is 5. The van der Waals surface area contributed by atoms with Crippen molar-refractivity contribution in [2.24, 2.45) is 11.7 Å². The van der Waals surface area contributed by atoms with Crippen LogP contribution in [0.15, 0.2) is 0 Å². The molecular weight excluding hydrogens is 138 g/mol. The lowest BCUT2D eigenvalue weighted by atomic mass is 10.00. The van der Waals surface area contributed by atoms with Gasteiger partial charge in [0.2, 0.25) is 0 Å². The highest BCUT2D eigenvalue weighted by Crippen LogP contribution is 2.04. The van der Waals surface area contributed by atoms with Gasteiger partial charge in [-0.3, -0.25) is 4.79 Å². The highest BCUT2D eigenvalue weighted by molar-refractivity contribution is 5.83. The number of Topliss-reactive ketones (excluding diaryl/α,β-unsaturated/α-hetero) is 1. The fraction of sp³-hybridized carbons (Fsp3) is 0.889. The molecule has 1 unspecified atom stereocenters. The molecule has 0 aromatic rings. The van der Waals surface area contributed by atoms with Crippen molar-refractivity contribution in [3.05, 3.63) is 0 Å². The van der Waals surface area contributed by atoms with Crippen LogP contribution in [-0.4, -0.2) is 11.8 Å². The summed E-state index contributed by atoms with van der Waals surface area (Å²) in [5, 5.41) is 0. The van der Waals surface area contributed by atoms with E-state index in [1.54, 1.807) is 0 Å². The van der Waals surface area contributed by atoms with E-state index in [0.717, 1.165) is 12.8 Å². The van der Waals surface area contributed by atoms with E-state index in [2.05, 4.69) is 0 Å². The van der Waals surface area contributed by atoms with Gasteiger partial charge in [-0.15, -0.1) is 0 Å². The third-order valence-corrected chi connectivity index (χ3v) is 1.62. The fourth-order valence-corrected chi connectivity index (χ4v) is 1.03. The molecule has 11 heavy (non-hydrogen) atoms. The Kier molecular flexibility index (Phi) is 5.12. The molecule has 0 amide bonds. The van der Waals surface area contributed by atoms with Crippen LogP contribution >= 0.6 is 0 Å². The van der Waals surface area contributed by atoms with Crippen molar-refractivity contribution in [1.29, 1.82) is 0 Å². The van der Waals surface area contributed by atoms with Crippen molar-refractivity contribution < 1.29 is 4.79 Å². The SMILES string of the molecule is CCCC(N)C(=O)CC(C)C. The largest absolute Gasteiger partial charge is 0.322 e. The van der Waals surface area contributed by atoms with Gasteiger partial charge in [-0.1, -0.05) is 27.2 Å². The van der Waals surface area contributed by atoms with Crippen LogP contribution in [0, 0.1) is 5.92 Å². The number of hydrogen-bond donors (Lipinski definition) is 1. The third kappa shape index (κ3) is 4.96. The summed E-state index contributed by atoms with van der Waals surface area (Å²) < 4.78 is 0. The quantitative estimate of drug-likeness (QED) is 0.660. The van der Waals surface area contributed by atoms with E-state index in [9.17, 15) is 4.79 Å². The van der Waals surface area contributed by atoms with Crippen molar-refractivity contribution in [1.82, 2.24) is 0 Å². The maximum Gasteiger partial charge on any atom is 0.149 e. The van der Waals surface area contributed by atoms with E-state index in [1.165, 1.54) is 0 Å². The Morgan fingerprint density at radius 1 is 1.45 bits per heavy atom. The summed E-state index contributed by atoms with van der Waals surface area (Å²) in [6.07, 6.45) is 2.44. The van der Waals surface area contributed by atoms with Gasteiger partial charge in [0.15, 0.2) is 0 Å². The molecule has 0 aliphatic heterocycles. The molecule has 0 saturated heterocycles. The molecule has 0 aliphatic carbocycles. The molecule has 0 saturated carbocycles. The van der Waals surface area contributed by atoms with Crippen LogP contribution < -0.4 is 5.73 Å². The predicted molar refractivity (Wildman–Crippen MR) is 47.3 cm³/mol. The smallest absolute Gasteiger partial charge is 0.149 e. The van der Waals surface area contributed by atoms with E-state index >= 15 is 0 Å². The molecule has 2 heteroatoms. The summed E-state index contributed by atoms with van der Waals surface area (Å²) in [5.41, 5.74) is 5.63. The van der Waals surface area contributed by atoms with Gasteiger partial charge in [-0.2, -0.15) is 0 Å². The van der Waals surface area contributed by atoms with Gasteiger partial charge < -0.3 is 5.73 Å². The molecular formula is C9H19NO. The Morgan fingerprint density at radius 3 is 2.36 bits per heavy atom. The van der Waals surface area contributed by atoms with Crippen molar-refractivity contribution in [3.8, 4) is 0 Å². The predicted octanol–water partition coefficient (Wildman–Crippen LogP) is 1.73. The first-order valence-corrected chi connectivity index (χ1v) is 4.36. The molecule has 0 heterocycles. The zero-order chi connectivity index (χ0) is 8.85. The topological polar surface area (TPSA) is 43.1 Å². The Morgan fingerprint density at radius 2 is 2.00 bits per heavy atom. The summed E-state index contributed by atoms with van der Waals surface area (Å²) in [6, 6.07) is -0.220. The maximum atomic E-state index is 11.2. The van der Waals surface area contributed by atoms with Gasteiger partial charge in [0.05, 0.1) is 6.04 Å². The number of carbonyl (C=O) groups excluding carboxylic acids is 1. The van der Waals surface area contributed by atoms with Gasteiger partial charge >= 0.3 is 0 Å². The minimum absolute atomic E-state index is 0.210. The first kappa shape index (κ1) is 10.6. The molecule has 0 spiro atoms. The zero-order valence-corrected chi connectivity index (χ0v) is 7.76. The average Bonchev–Trinajstić information content (AvgIpc) is 1.86. The molecule has 0 bridgehead atoms. The lowest BCUT2D eigenvalue weighted by molar-refractivity contribution is -0.121. The lowest BCUT2D eigenvalue weighted by Crippen LogP contribution is -2.30. The third-order valence-electron chi connectivity index (χ3n) is 1.62. The Bertz CT molecular complexity index is 121. The van der Waals surface area contributed by atoms with Crippen molar-refractivity contribution in [3.63, 3.8) is 0 Å². The summed E-state index contributed by atoms with van der Waals surface area (Å²) in [6.45, 7) is 6.12. The standard InChI is InChI=1S/C9H19NO/c1-4-5-8(10)9(11)6-7(2)3/h7-8H,4-6,10H2,1-3H3. The van der Waals surface area contributed by atoms with Gasteiger partial charge in [0.1, 0.15) is 5.78 Å². The lowest BCUT2D eigenvalue weighted by Gasteiger charge is -2.10. The normalized spacial score (nSPS) is 13.5. The number of hydrogen-bond acceptors (Lipinski definition) is 2. The number of ketones is 1. The van der Waals surface area contributed by atoms with Crippen LogP contribution in [0.1, 0.15) is 40.0 Å². The monoisotopic (exact) mass is 157 g/mol. The number of carbonyl (C=O) groups is 1. The molecule has 0 aliphatic rings. The summed E-state index contributed by atoms with van der Waals surface area (Å²) in [4.78, 5) is 11.2. The van der Waals surface area contributed by atoms with Gasteiger partial charge in [0, 0.05) is 6.42 Å². The Balaban J connectivity index is 3.64. The van der Waals surface area contributed by atoms with Crippen LogP contribution in [0.25, 0.3) is 0 Å². The summed E-state index contributed by atoms with van der Waals surface area (Å²) in [7, 11) is 0. The molecule has 2 N–H and O–H groups in total. The summed E-state index contributed by atoms with van der Waals surface area (Å²) in [5.74, 6) is 0.646. The highest BCUT2D eigenvalue weighted by Gasteiger charge is 2.12. The summed E-state index contributed by atoms with van der Waals surface area (Å²) >= 11 is 0. The Hall–Kier alpha value is -0.370. The van der Waals surface area contributed by atoms with Crippen molar-refractivity contribution >= 4 is 5.78 Å². The van der Waals surface area contributed by atoms with Crippen LogP contribution in [0.5, 0.6) is 0 Å². The molecule has 1 atom stereocenters. The Labute approximate surface area is 69.2 Å². The van der Waals surface area contributed by atoms with Crippen molar-refractivity contribution in [2.75, 3.05) is 0 Å². The van der Waals surface area contributed by atoms with Gasteiger partial charge in [-0.25, -0.2) is 0 Å². The van der Waals surface area contributed by atoms with Crippen LogP contribution in [-0.2, 0) is 4.79 Å². The average molecular weight is 157 g/mol. The first-order chi connectivity index (χ1) is 5.07. The molecule has 66 valence electrons. The minimum atomic E-state index is -0.220. The van der Waals surface area contributed by atoms with E-state index in [4.69, 9.17) is 5.73 Å². The van der Waals surface area contributed by atoms with Crippen LogP contribution in [0.2, 0.25) is 0 Å². The molecule has 0 aromatic heterocycles. The van der Waals surface area contributed by atoms with Gasteiger partial charge in [-0.05, 0) is 12.3 Å².